The van der Waals surface area contributed by atoms with Gasteiger partial charge in [-0.2, -0.15) is 0 Å². The van der Waals surface area contributed by atoms with Crippen LogP contribution in [0.3, 0.4) is 0 Å². The number of likely N-dealkylation sites (N-methyl/N-ethyl adjacent to an activating group) is 1. The molecule has 2 saturated carbocycles. The van der Waals surface area contributed by atoms with Crippen molar-refractivity contribution in [1.29, 1.82) is 0 Å². The number of carbonyl (C=O) groups is 2. The van der Waals surface area contributed by atoms with Crippen molar-refractivity contribution in [1.82, 2.24) is 9.80 Å². The Balaban J connectivity index is 1.62. The van der Waals surface area contributed by atoms with Crippen molar-refractivity contribution in [3.63, 3.8) is 0 Å². The smallest absolute Gasteiger partial charge is 0.252 e. The molecule has 0 aromatic heterocycles. The number of aliphatic hydroxyl groups excluding tert-OH is 2. The molecule has 0 heterocycles. The minimum atomic E-state index is -2.35. The van der Waals surface area contributed by atoms with Crippen molar-refractivity contribution in [2.24, 2.45) is 17.6 Å². The summed E-state index contributed by atoms with van der Waals surface area (Å²) < 4.78 is 16.1. The average Bonchev–Trinajstić information content (AvgIpc) is 2.86. The van der Waals surface area contributed by atoms with Crippen LogP contribution in [0, 0.1) is 17.7 Å². The molecule has 1 aromatic carbocycles. The summed E-state index contributed by atoms with van der Waals surface area (Å²) in [6.45, 7) is 9.07. The first kappa shape index (κ1) is 28.3. The molecule has 0 bridgehead atoms. The zero-order chi connectivity index (χ0) is 29.3. The quantitative estimate of drug-likeness (QED) is 0.345. The number of nitrogens with two attached hydrogens (primary N) is 1. The molecule has 0 radical (unpaired) electrons. The Hall–Kier alpha value is -3.21. The van der Waals surface area contributed by atoms with E-state index in [2.05, 4.69) is 11.5 Å². The fourth-order valence-electron chi connectivity index (χ4n) is 7.21. The maximum absolute atomic E-state index is 16.1. The summed E-state index contributed by atoms with van der Waals surface area (Å²) in [5.41, 5.74) is 2.56. The number of primary amides is 1. The van der Waals surface area contributed by atoms with Gasteiger partial charge < -0.3 is 26.2 Å². The van der Waals surface area contributed by atoms with Crippen LogP contribution in [-0.4, -0.2) is 79.7 Å². The summed E-state index contributed by atoms with van der Waals surface area (Å²) in [6, 6.07) is 0.728. The van der Waals surface area contributed by atoms with E-state index < -0.39 is 52.3 Å². The Bertz CT molecular complexity index is 1370. The molecule has 0 spiro atoms. The van der Waals surface area contributed by atoms with Crippen molar-refractivity contribution in [2.45, 2.75) is 70.2 Å². The van der Waals surface area contributed by atoms with Gasteiger partial charge in [-0.3, -0.25) is 19.4 Å². The number of rotatable bonds is 7. The highest BCUT2D eigenvalue weighted by molar-refractivity contribution is 6.13. The number of amides is 1. The number of halogens is 1. The maximum atomic E-state index is 16.1. The third-order valence-electron chi connectivity index (χ3n) is 9.70. The van der Waals surface area contributed by atoms with Crippen LogP contribution in [0.1, 0.15) is 56.2 Å². The number of ketones is 1. The molecule has 5 rings (SSSR count). The van der Waals surface area contributed by atoms with Gasteiger partial charge >= 0.3 is 0 Å². The number of phenols is 1. The molecule has 4 aliphatic rings. The number of aromatic hydroxyl groups is 1. The van der Waals surface area contributed by atoms with E-state index in [-0.39, 0.29) is 46.6 Å². The Morgan fingerprint density at radius 3 is 2.45 bits per heavy atom. The molecule has 216 valence electrons. The van der Waals surface area contributed by atoms with Gasteiger partial charge in [0.2, 0.25) is 0 Å². The lowest BCUT2D eigenvalue weighted by atomic mass is 9.56. The van der Waals surface area contributed by atoms with Crippen LogP contribution in [0.5, 0.6) is 5.75 Å². The molecular weight excluding hydrogens is 517 g/mol. The lowest BCUT2D eigenvalue weighted by Crippen LogP contribution is -2.63. The van der Waals surface area contributed by atoms with E-state index >= 15 is 4.39 Å². The van der Waals surface area contributed by atoms with Crippen molar-refractivity contribution < 1.29 is 34.4 Å². The monoisotopic (exact) mass is 555 g/mol. The van der Waals surface area contributed by atoms with Gasteiger partial charge in [-0.25, -0.2) is 4.39 Å². The maximum Gasteiger partial charge on any atom is 0.252 e. The molecule has 0 unspecified atom stereocenters. The van der Waals surface area contributed by atoms with Crippen molar-refractivity contribution in [2.75, 3.05) is 20.1 Å². The molecule has 1 amide bonds. The molecule has 0 saturated heterocycles. The Morgan fingerprint density at radius 2 is 1.90 bits per heavy atom. The number of phenolic OH excluding ortho intramolecular Hbond substituents is 1. The standard InChI is InChI=1S/C30H38FN3O6/c1-5-33(4)25-19-11-15-10-18-23(20(35)12-16(24(18)31)13-34(6-2)17-8-7-9-17)26(36)22(15)28(38)30(19,40)14(3)21(27(25)37)29(32)39/h12,15,17,19,25,35-37,40H,3,5-11,13H2,1-2,4H3,(H2,32,39)/t15-,19-,25-,30-/m0/s1. The first-order valence-corrected chi connectivity index (χ1v) is 14.0. The third kappa shape index (κ3) is 3.91. The minimum absolute atomic E-state index is 0.0119. The summed E-state index contributed by atoms with van der Waals surface area (Å²) in [6.07, 6.45) is 3.32. The van der Waals surface area contributed by atoms with Crippen LogP contribution < -0.4 is 5.73 Å². The number of nitrogens with zero attached hydrogens (tertiary/aromatic N) is 2. The predicted molar refractivity (Wildman–Crippen MR) is 147 cm³/mol. The summed E-state index contributed by atoms with van der Waals surface area (Å²) in [4.78, 5) is 30.2. The molecule has 4 aliphatic carbocycles. The number of fused-ring (bicyclic) bond motifs is 3. The van der Waals surface area contributed by atoms with E-state index in [4.69, 9.17) is 5.73 Å². The van der Waals surface area contributed by atoms with E-state index in [0.717, 1.165) is 25.8 Å². The fourth-order valence-corrected chi connectivity index (χ4v) is 7.21. The number of aliphatic hydroxyl groups is 3. The van der Waals surface area contributed by atoms with E-state index in [1.807, 2.05) is 13.8 Å². The van der Waals surface area contributed by atoms with Crippen molar-refractivity contribution in [3.8, 4) is 5.75 Å². The number of Topliss-reactive ketones (excluding diaryl/α,β-unsaturated/α-hetero) is 1. The summed E-state index contributed by atoms with van der Waals surface area (Å²) in [5, 5.41) is 45.4. The van der Waals surface area contributed by atoms with Gasteiger partial charge in [0.25, 0.3) is 5.91 Å². The summed E-state index contributed by atoms with van der Waals surface area (Å²) in [5.74, 6) is -5.43. The lowest BCUT2D eigenvalue weighted by molar-refractivity contribution is -0.143. The highest BCUT2D eigenvalue weighted by Crippen LogP contribution is 2.54. The summed E-state index contributed by atoms with van der Waals surface area (Å²) in [7, 11) is 1.68. The zero-order valence-electron chi connectivity index (χ0n) is 23.2. The van der Waals surface area contributed by atoms with Crippen molar-refractivity contribution >= 4 is 17.4 Å². The second-order valence-corrected chi connectivity index (χ2v) is 11.6. The van der Waals surface area contributed by atoms with E-state index in [1.165, 1.54) is 6.07 Å². The highest BCUT2D eigenvalue weighted by Gasteiger charge is 2.62. The molecule has 9 nitrogen and oxygen atoms in total. The zero-order valence-corrected chi connectivity index (χ0v) is 23.2. The second kappa shape index (κ2) is 10.0. The topological polar surface area (TPSA) is 148 Å². The average molecular weight is 556 g/mol. The van der Waals surface area contributed by atoms with Crippen LogP contribution in [0.2, 0.25) is 0 Å². The van der Waals surface area contributed by atoms with Crippen LogP contribution in [0.25, 0.3) is 5.76 Å². The van der Waals surface area contributed by atoms with Crippen LogP contribution in [0.15, 0.2) is 35.1 Å². The Labute approximate surface area is 233 Å². The van der Waals surface area contributed by atoms with Gasteiger partial charge in [0, 0.05) is 40.8 Å². The lowest BCUT2D eigenvalue weighted by Gasteiger charge is -2.52. The van der Waals surface area contributed by atoms with Crippen LogP contribution >= 0.6 is 0 Å². The van der Waals surface area contributed by atoms with Gasteiger partial charge in [0.05, 0.1) is 17.2 Å². The Kier molecular flexibility index (Phi) is 7.09. The minimum Gasteiger partial charge on any atom is -0.510 e. The molecule has 0 aliphatic heterocycles. The van der Waals surface area contributed by atoms with E-state index in [1.54, 1.807) is 11.9 Å². The third-order valence-corrected chi connectivity index (χ3v) is 9.70. The van der Waals surface area contributed by atoms with Crippen LogP contribution in [0.4, 0.5) is 4.39 Å². The van der Waals surface area contributed by atoms with Gasteiger partial charge in [-0.05, 0) is 57.8 Å². The normalized spacial score (nSPS) is 28.5. The fraction of sp³-hybridized carbons (Fsp3) is 0.533. The van der Waals surface area contributed by atoms with E-state index in [0.29, 0.717) is 24.7 Å². The SMILES string of the molecule is C=C1C(C(N)=O)=C(O)[C@@H](N(C)CC)[C@@H]2C[C@@H]3Cc4c(F)c(CN(CC)C5CCC5)cc(O)c4C(O)=C3C(=O)[C@]12O. The Morgan fingerprint density at radius 1 is 1.23 bits per heavy atom. The molecule has 10 heteroatoms. The van der Waals surface area contributed by atoms with Gasteiger partial charge in [0.1, 0.15) is 23.1 Å². The molecule has 2 fully saturated rings. The molecular formula is C30H38FN3O6. The molecule has 1 aromatic rings. The molecule has 6 N–H and O–H groups in total. The van der Waals surface area contributed by atoms with Crippen LogP contribution in [-0.2, 0) is 22.6 Å². The molecule has 40 heavy (non-hydrogen) atoms. The molecule has 4 atom stereocenters. The number of carbonyl (C=O) groups excluding carboxylic acids is 2. The summed E-state index contributed by atoms with van der Waals surface area (Å²) >= 11 is 0. The largest absolute Gasteiger partial charge is 0.510 e. The highest BCUT2D eigenvalue weighted by atomic mass is 19.1. The number of hydrogen-bond donors (Lipinski definition) is 5. The van der Waals surface area contributed by atoms with Gasteiger partial charge in [-0.15, -0.1) is 0 Å². The number of benzene rings is 1. The predicted octanol–water partition coefficient (Wildman–Crippen LogP) is 2.85. The number of hydrogen-bond acceptors (Lipinski definition) is 8. The van der Waals surface area contributed by atoms with Gasteiger partial charge in [-0.1, -0.05) is 26.8 Å². The van der Waals surface area contributed by atoms with Crippen molar-refractivity contribution in [3.05, 3.63) is 57.6 Å². The second-order valence-electron chi connectivity index (χ2n) is 11.6. The first-order valence-electron chi connectivity index (χ1n) is 14.0. The van der Waals surface area contributed by atoms with Gasteiger partial charge in [0.15, 0.2) is 11.4 Å². The van der Waals surface area contributed by atoms with E-state index in [9.17, 15) is 30.0 Å². The first-order chi connectivity index (χ1) is 18.9.